The van der Waals surface area contributed by atoms with E-state index in [1.807, 2.05) is 0 Å². The van der Waals surface area contributed by atoms with Crippen LogP contribution in [0.4, 0.5) is 0 Å². The van der Waals surface area contributed by atoms with E-state index < -0.39 is 9.84 Å². The van der Waals surface area contributed by atoms with Crippen LogP contribution in [0.25, 0.3) is 0 Å². The molecule has 6 nitrogen and oxygen atoms in total. The number of hydrogen-bond donors (Lipinski definition) is 2. The first-order chi connectivity index (χ1) is 9.98. The molecule has 0 bridgehead atoms. The van der Waals surface area contributed by atoms with Crippen LogP contribution in [0, 0.1) is 0 Å². The third-order valence-corrected chi connectivity index (χ3v) is 5.34. The van der Waals surface area contributed by atoms with Crippen LogP contribution in [-0.2, 0) is 9.84 Å². The third kappa shape index (κ3) is 5.47. The van der Waals surface area contributed by atoms with Crippen LogP contribution in [0.5, 0.6) is 0 Å². The quantitative estimate of drug-likeness (QED) is 0.560. The Bertz CT molecular complexity index is 458. The number of guanidine groups is 1. The predicted octanol–water partition coefficient (Wildman–Crippen LogP) is 0.213. The lowest BCUT2D eigenvalue weighted by Crippen LogP contribution is -2.46. The summed E-state index contributed by atoms with van der Waals surface area (Å²) < 4.78 is 22.3. The lowest BCUT2D eigenvalue weighted by molar-refractivity contribution is 0.242. The molecule has 2 rings (SSSR count). The minimum absolute atomic E-state index is 0.132. The molecule has 1 heterocycles. The Kier molecular flexibility index (Phi) is 5.87. The molecule has 1 aliphatic heterocycles. The van der Waals surface area contributed by atoms with Crippen LogP contribution < -0.4 is 10.6 Å². The van der Waals surface area contributed by atoms with Gasteiger partial charge in [-0.05, 0) is 19.3 Å². The van der Waals surface area contributed by atoms with Crippen LogP contribution in [0.3, 0.4) is 0 Å². The van der Waals surface area contributed by atoms with Gasteiger partial charge in [-0.1, -0.05) is 12.8 Å². The summed E-state index contributed by atoms with van der Waals surface area (Å²) in [7, 11) is -1.21. The van der Waals surface area contributed by atoms with Crippen molar-refractivity contribution in [3.63, 3.8) is 0 Å². The summed E-state index contributed by atoms with van der Waals surface area (Å²) >= 11 is 0. The van der Waals surface area contributed by atoms with Gasteiger partial charge in [0.05, 0.1) is 5.75 Å². The van der Waals surface area contributed by atoms with Crippen molar-refractivity contribution in [3.05, 3.63) is 0 Å². The van der Waals surface area contributed by atoms with Crippen molar-refractivity contribution in [2.24, 2.45) is 4.99 Å². The van der Waals surface area contributed by atoms with Gasteiger partial charge in [-0.25, -0.2) is 8.42 Å². The molecule has 0 spiro atoms. The van der Waals surface area contributed by atoms with E-state index in [1.54, 1.807) is 7.05 Å². The summed E-state index contributed by atoms with van der Waals surface area (Å²) in [5.41, 5.74) is 0. The van der Waals surface area contributed by atoms with E-state index in [2.05, 4.69) is 20.5 Å². The highest BCUT2D eigenvalue weighted by molar-refractivity contribution is 7.90. The van der Waals surface area contributed by atoms with Gasteiger partial charge < -0.3 is 10.6 Å². The molecule has 1 saturated heterocycles. The number of hydrogen-bond acceptors (Lipinski definition) is 4. The van der Waals surface area contributed by atoms with Crippen molar-refractivity contribution in [2.45, 2.75) is 44.2 Å². The van der Waals surface area contributed by atoms with Crippen molar-refractivity contribution in [2.75, 3.05) is 38.7 Å². The highest BCUT2D eigenvalue weighted by Gasteiger charge is 2.30. The predicted molar refractivity (Wildman–Crippen MR) is 86.4 cm³/mol. The minimum atomic E-state index is -2.93. The highest BCUT2D eigenvalue weighted by atomic mass is 32.2. The van der Waals surface area contributed by atoms with Gasteiger partial charge in [0.1, 0.15) is 9.84 Å². The van der Waals surface area contributed by atoms with E-state index in [9.17, 15) is 8.42 Å². The van der Waals surface area contributed by atoms with Crippen LogP contribution in [0.2, 0.25) is 0 Å². The maximum absolute atomic E-state index is 11.1. The molecule has 0 aromatic heterocycles. The van der Waals surface area contributed by atoms with E-state index in [-0.39, 0.29) is 5.75 Å². The molecular weight excluding hydrogens is 288 g/mol. The fourth-order valence-electron chi connectivity index (χ4n) is 3.25. The lowest BCUT2D eigenvalue weighted by atomic mass is 10.2. The van der Waals surface area contributed by atoms with Gasteiger partial charge in [0.2, 0.25) is 0 Å². The first-order valence-electron chi connectivity index (χ1n) is 7.87. The zero-order valence-corrected chi connectivity index (χ0v) is 14.0. The zero-order chi connectivity index (χ0) is 15.3. The molecule has 0 radical (unpaired) electrons. The normalized spacial score (nSPS) is 25.4. The van der Waals surface area contributed by atoms with Crippen LogP contribution in [-0.4, -0.2) is 70.1 Å². The van der Waals surface area contributed by atoms with Crippen molar-refractivity contribution in [1.82, 2.24) is 15.5 Å². The number of aliphatic imine (C=N–C) groups is 1. The minimum Gasteiger partial charge on any atom is -0.355 e. The van der Waals surface area contributed by atoms with Crippen molar-refractivity contribution in [1.29, 1.82) is 0 Å². The molecule has 1 atom stereocenters. The fourth-order valence-corrected chi connectivity index (χ4v) is 3.72. The molecule has 21 heavy (non-hydrogen) atoms. The molecule has 122 valence electrons. The second-order valence-electron chi connectivity index (χ2n) is 6.19. The monoisotopic (exact) mass is 316 g/mol. The Morgan fingerprint density at radius 2 is 2.00 bits per heavy atom. The van der Waals surface area contributed by atoms with Gasteiger partial charge >= 0.3 is 0 Å². The maximum Gasteiger partial charge on any atom is 0.191 e. The number of nitrogens with one attached hydrogen (secondary N) is 2. The van der Waals surface area contributed by atoms with E-state index in [0.717, 1.165) is 25.6 Å². The lowest BCUT2D eigenvalue weighted by Gasteiger charge is -2.24. The summed E-state index contributed by atoms with van der Waals surface area (Å²) in [4.78, 5) is 6.77. The van der Waals surface area contributed by atoms with Crippen molar-refractivity contribution < 1.29 is 8.42 Å². The SMILES string of the molecule is CN=C(NCCS(C)(=O)=O)NC1CCN(C2CCCC2)C1. The first-order valence-corrected chi connectivity index (χ1v) is 9.93. The molecule has 1 unspecified atom stereocenters. The summed E-state index contributed by atoms with van der Waals surface area (Å²) in [5, 5.41) is 6.49. The zero-order valence-electron chi connectivity index (χ0n) is 13.1. The second-order valence-corrected chi connectivity index (χ2v) is 8.45. The number of sulfone groups is 1. The molecule has 0 aromatic carbocycles. The molecule has 0 amide bonds. The van der Waals surface area contributed by atoms with Gasteiger partial charge in [-0.2, -0.15) is 0 Å². The summed E-state index contributed by atoms with van der Waals surface area (Å²) in [6.07, 6.45) is 7.80. The first kappa shape index (κ1) is 16.5. The molecule has 2 N–H and O–H groups in total. The van der Waals surface area contributed by atoms with E-state index in [0.29, 0.717) is 18.5 Å². The van der Waals surface area contributed by atoms with Gasteiger partial charge in [-0.15, -0.1) is 0 Å². The third-order valence-electron chi connectivity index (χ3n) is 4.39. The Morgan fingerprint density at radius 3 is 2.62 bits per heavy atom. The van der Waals surface area contributed by atoms with Gasteiger partial charge in [-0.3, -0.25) is 9.89 Å². The van der Waals surface area contributed by atoms with Gasteiger partial charge in [0.25, 0.3) is 0 Å². The average molecular weight is 316 g/mol. The largest absolute Gasteiger partial charge is 0.355 e. The smallest absolute Gasteiger partial charge is 0.191 e. The summed E-state index contributed by atoms with van der Waals surface area (Å²) in [5.74, 6) is 0.837. The molecule has 1 aliphatic carbocycles. The topological polar surface area (TPSA) is 73.8 Å². The van der Waals surface area contributed by atoms with E-state index >= 15 is 0 Å². The number of likely N-dealkylation sites (tertiary alicyclic amines) is 1. The standard InChI is InChI=1S/C14H28N4O2S/c1-15-14(16-8-10-21(2,19)20)17-12-7-9-18(11-12)13-5-3-4-6-13/h12-13H,3-11H2,1-2H3,(H2,15,16,17). The number of rotatable bonds is 5. The van der Waals surface area contributed by atoms with Crippen LogP contribution in [0.15, 0.2) is 4.99 Å². The molecule has 0 aromatic rings. The summed E-state index contributed by atoms with van der Waals surface area (Å²) in [6, 6.07) is 1.19. The summed E-state index contributed by atoms with van der Waals surface area (Å²) in [6.45, 7) is 2.62. The van der Waals surface area contributed by atoms with Crippen LogP contribution >= 0.6 is 0 Å². The average Bonchev–Trinajstić information content (AvgIpc) is 3.06. The Morgan fingerprint density at radius 1 is 1.29 bits per heavy atom. The van der Waals surface area contributed by atoms with Crippen molar-refractivity contribution >= 4 is 15.8 Å². The van der Waals surface area contributed by atoms with Gasteiger partial charge in [0, 0.05) is 45.0 Å². The molecule has 1 saturated carbocycles. The van der Waals surface area contributed by atoms with Gasteiger partial charge in [0.15, 0.2) is 5.96 Å². The van der Waals surface area contributed by atoms with Crippen LogP contribution in [0.1, 0.15) is 32.1 Å². The Balaban J connectivity index is 1.72. The molecule has 2 aliphatic rings. The highest BCUT2D eigenvalue weighted by Crippen LogP contribution is 2.26. The maximum atomic E-state index is 11.1. The Hall–Kier alpha value is -0.820. The molecular formula is C14H28N4O2S. The molecule has 7 heteroatoms. The Labute approximate surface area is 128 Å². The molecule has 2 fully saturated rings. The number of nitrogens with zero attached hydrogens (tertiary/aromatic N) is 2. The van der Waals surface area contributed by atoms with E-state index in [4.69, 9.17) is 0 Å². The second kappa shape index (κ2) is 7.45. The van der Waals surface area contributed by atoms with Crippen molar-refractivity contribution in [3.8, 4) is 0 Å². The van der Waals surface area contributed by atoms with E-state index in [1.165, 1.54) is 31.9 Å². The fraction of sp³-hybridized carbons (Fsp3) is 0.929.